The fourth-order valence-corrected chi connectivity index (χ4v) is 4.56. The number of nitrogens with zero attached hydrogens (tertiary/aromatic N) is 2. The number of carbonyl (C=O) groups excluding carboxylic acids is 1. The fourth-order valence-electron chi connectivity index (χ4n) is 3.16. The normalized spacial score (nSPS) is 27.9. The van der Waals surface area contributed by atoms with Gasteiger partial charge in [0.15, 0.2) is 0 Å². The van der Waals surface area contributed by atoms with Gasteiger partial charge in [0.2, 0.25) is 5.91 Å². The first-order valence-corrected chi connectivity index (χ1v) is 10.0. The molecule has 134 valence electrons. The minimum absolute atomic E-state index is 0.0925. The number of likely N-dealkylation sites (tertiary alicyclic amines) is 1. The Hall–Kier alpha value is -0.700. The number of carbonyl (C=O) groups is 1. The van der Waals surface area contributed by atoms with Crippen LogP contribution < -0.4 is 4.72 Å². The van der Waals surface area contributed by atoms with E-state index in [1.165, 1.54) is 4.31 Å². The maximum Gasteiger partial charge on any atom is 0.279 e. The molecule has 2 atom stereocenters. The van der Waals surface area contributed by atoms with Crippen molar-refractivity contribution in [3.05, 3.63) is 0 Å². The molecular formula is C15H29N3O4S. The molecule has 0 radical (unpaired) electrons. The molecule has 2 rings (SSSR count). The molecule has 0 unspecified atom stereocenters. The molecule has 2 aliphatic heterocycles. The Kier molecular flexibility index (Phi) is 6.82. The van der Waals surface area contributed by atoms with Gasteiger partial charge in [-0.3, -0.25) is 4.79 Å². The summed E-state index contributed by atoms with van der Waals surface area (Å²) >= 11 is 0. The van der Waals surface area contributed by atoms with Crippen LogP contribution in [0.1, 0.15) is 46.0 Å². The molecule has 0 aromatic heterocycles. The lowest BCUT2D eigenvalue weighted by Crippen LogP contribution is -2.52. The molecule has 1 N–H and O–H groups in total. The maximum atomic E-state index is 12.3. The topological polar surface area (TPSA) is 79.0 Å². The van der Waals surface area contributed by atoms with Crippen molar-refractivity contribution in [3.8, 4) is 0 Å². The largest absolute Gasteiger partial charge is 0.373 e. The monoisotopic (exact) mass is 347 g/mol. The van der Waals surface area contributed by atoms with Gasteiger partial charge in [0.1, 0.15) is 0 Å². The van der Waals surface area contributed by atoms with E-state index in [-0.39, 0.29) is 18.1 Å². The predicted molar refractivity (Wildman–Crippen MR) is 88.2 cm³/mol. The second-order valence-corrected chi connectivity index (χ2v) is 8.27. The molecule has 8 heteroatoms. The predicted octanol–water partition coefficient (Wildman–Crippen LogP) is 0.723. The lowest BCUT2D eigenvalue weighted by molar-refractivity contribution is -0.130. The Morgan fingerprint density at radius 2 is 1.87 bits per heavy atom. The first kappa shape index (κ1) is 18.6. The minimum atomic E-state index is -3.47. The third-order valence-corrected chi connectivity index (χ3v) is 5.83. The van der Waals surface area contributed by atoms with Crippen molar-refractivity contribution in [2.45, 2.75) is 58.2 Å². The average molecular weight is 347 g/mol. The van der Waals surface area contributed by atoms with E-state index in [2.05, 4.69) is 4.72 Å². The Morgan fingerprint density at radius 3 is 2.57 bits per heavy atom. The van der Waals surface area contributed by atoms with Gasteiger partial charge in [0.05, 0.1) is 12.2 Å². The Balaban J connectivity index is 1.75. The van der Waals surface area contributed by atoms with E-state index in [0.717, 1.165) is 25.8 Å². The first-order valence-electron chi connectivity index (χ1n) is 8.56. The minimum Gasteiger partial charge on any atom is -0.373 e. The summed E-state index contributed by atoms with van der Waals surface area (Å²) in [5.41, 5.74) is 0. The average Bonchev–Trinajstić information content (AvgIpc) is 2.67. The molecule has 0 saturated carbocycles. The summed E-state index contributed by atoms with van der Waals surface area (Å²) in [6.07, 6.45) is 4.18. The van der Waals surface area contributed by atoms with Crippen LogP contribution in [-0.4, -0.2) is 68.5 Å². The summed E-state index contributed by atoms with van der Waals surface area (Å²) in [5, 5.41) is 0. The molecule has 0 aromatic carbocycles. The van der Waals surface area contributed by atoms with Crippen molar-refractivity contribution < 1.29 is 17.9 Å². The van der Waals surface area contributed by atoms with E-state index in [0.29, 0.717) is 39.0 Å². The van der Waals surface area contributed by atoms with E-state index < -0.39 is 10.2 Å². The fraction of sp³-hybridized carbons (Fsp3) is 0.933. The Morgan fingerprint density at radius 1 is 1.17 bits per heavy atom. The highest BCUT2D eigenvalue weighted by Crippen LogP contribution is 2.14. The zero-order valence-electron chi connectivity index (χ0n) is 14.2. The van der Waals surface area contributed by atoms with Crippen LogP contribution in [0.4, 0.5) is 0 Å². The van der Waals surface area contributed by atoms with Crippen molar-refractivity contribution in [2.24, 2.45) is 0 Å². The van der Waals surface area contributed by atoms with E-state index in [4.69, 9.17) is 4.74 Å². The SMILES string of the molecule is C[C@@H]1CN(S(=O)(=O)NCCCN2CCCCCC2=O)C[C@@H](C)O1. The van der Waals surface area contributed by atoms with E-state index >= 15 is 0 Å². The third kappa shape index (κ3) is 5.70. The van der Waals surface area contributed by atoms with Crippen LogP contribution in [0.15, 0.2) is 0 Å². The van der Waals surface area contributed by atoms with E-state index in [9.17, 15) is 13.2 Å². The van der Waals surface area contributed by atoms with E-state index in [1.807, 2.05) is 18.7 Å². The maximum absolute atomic E-state index is 12.3. The summed E-state index contributed by atoms with van der Waals surface area (Å²) < 4.78 is 34.3. The number of rotatable bonds is 6. The van der Waals surface area contributed by atoms with Gasteiger partial charge in [-0.05, 0) is 33.1 Å². The van der Waals surface area contributed by atoms with Crippen LogP contribution in [0.3, 0.4) is 0 Å². The molecule has 2 fully saturated rings. The second kappa shape index (κ2) is 8.41. The standard InChI is InChI=1S/C15H29N3O4S/c1-13-11-18(12-14(2)22-13)23(20,21)16-8-6-10-17-9-5-3-4-7-15(17)19/h13-14,16H,3-12H2,1-2H3/t13-,14-/m1/s1. The number of morpholine rings is 1. The Labute approximate surface area is 139 Å². The number of hydrogen-bond acceptors (Lipinski definition) is 4. The summed E-state index contributed by atoms with van der Waals surface area (Å²) in [5.74, 6) is 0.196. The van der Waals surface area contributed by atoms with Gasteiger partial charge in [-0.15, -0.1) is 0 Å². The second-order valence-electron chi connectivity index (χ2n) is 6.52. The van der Waals surface area contributed by atoms with Gasteiger partial charge in [-0.2, -0.15) is 12.7 Å². The zero-order valence-corrected chi connectivity index (χ0v) is 15.0. The van der Waals surface area contributed by atoms with Gasteiger partial charge in [0, 0.05) is 39.1 Å². The summed E-state index contributed by atoms with van der Waals surface area (Å²) in [6.45, 7) is 6.29. The molecule has 0 aromatic rings. The lowest BCUT2D eigenvalue weighted by Gasteiger charge is -2.34. The summed E-state index contributed by atoms with van der Waals surface area (Å²) in [6, 6.07) is 0. The van der Waals surface area contributed by atoms with Gasteiger partial charge in [0.25, 0.3) is 10.2 Å². The molecule has 2 saturated heterocycles. The van der Waals surface area contributed by atoms with Crippen molar-refractivity contribution in [2.75, 3.05) is 32.7 Å². The molecule has 0 spiro atoms. The highest BCUT2D eigenvalue weighted by Gasteiger charge is 2.30. The van der Waals surface area contributed by atoms with Gasteiger partial charge in [-0.1, -0.05) is 6.42 Å². The first-order chi connectivity index (χ1) is 10.9. The zero-order chi connectivity index (χ0) is 16.9. The molecule has 2 heterocycles. The molecule has 0 bridgehead atoms. The molecule has 23 heavy (non-hydrogen) atoms. The van der Waals surface area contributed by atoms with Crippen LogP contribution in [0.2, 0.25) is 0 Å². The lowest BCUT2D eigenvalue weighted by atomic mass is 10.2. The number of hydrogen-bond donors (Lipinski definition) is 1. The Bertz CT molecular complexity index is 487. The van der Waals surface area contributed by atoms with Crippen LogP contribution in [0.5, 0.6) is 0 Å². The summed E-state index contributed by atoms with van der Waals surface area (Å²) in [7, 11) is -3.47. The molecule has 0 aliphatic carbocycles. The van der Waals surface area contributed by atoms with Crippen molar-refractivity contribution in [1.82, 2.24) is 13.9 Å². The van der Waals surface area contributed by atoms with Crippen molar-refractivity contribution >= 4 is 16.1 Å². The molecule has 2 aliphatic rings. The van der Waals surface area contributed by atoms with Gasteiger partial charge < -0.3 is 9.64 Å². The van der Waals surface area contributed by atoms with Crippen LogP contribution in [0.25, 0.3) is 0 Å². The highest BCUT2D eigenvalue weighted by molar-refractivity contribution is 7.87. The number of nitrogens with one attached hydrogen (secondary N) is 1. The van der Waals surface area contributed by atoms with Gasteiger partial charge in [-0.25, -0.2) is 4.72 Å². The number of ether oxygens (including phenoxy) is 1. The van der Waals surface area contributed by atoms with Crippen molar-refractivity contribution in [3.63, 3.8) is 0 Å². The van der Waals surface area contributed by atoms with Gasteiger partial charge >= 0.3 is 0 Å². The third-order valence-electron chi connectivity index (χ3n) is 4.29. The molecular weight excluding hydrogens is 318 g/mol. The summed E-state index contributed by atoms with van der Waals surface area (Å²) in [4.78, 5) is 13.8. The quantitative estimate of drug-likeness (QED) is 0.718. The van der Waals surface area contributed by atoms with Crippen LogP contribution >= 0.6 is 0 Å². The smallest absolute Gasteiger partial charge is 0.279 e. The van der Waals surface area contributed by atoms with E-state index in [1.54, 1.807) is 0 Å². The molecule has 1 amide bonds. The highest BCUT2D eigenvalue weighted by atomic mass is 32.2. The molecule has 7 nitrogen and oxygen atoms in total. The van der Waals surface area contributed by atoms with Crippen LogP contribution in [0, 0.1) is 0 Å². The van der Waals surface area contributed by atoms with Crippen molar-refractivity contribution in [1.29, 1.82) is 0 Å². The number of amides is 1. The van der Waals surface area contributed by atoms with Crippen LogP contribution in [-0.2, 0) is 19.7 Å².